The van der Waals surface area contributed by atoms with E-state index in [1.807, 2.05) is 47.8 Å². The number of hydrogen-bond acceptors (Lipinski definition) is 11. The maximum Gasteiger partial charge on any atom is 0.123 e. The molecule has 73 heavy (non-hydrogen) atoms. The molecule has 0 spiro atoms. The Morgan fingerprint density at radius 2 is 0.767 bits per heavy atom. The van der Waals surface area contributed by atoms with Crippen LogP contribution in [0, 0.1) is 0 Å². The first-order valence-electron chi connectivity index (χ1n) is 30.0. The number of ether oxygens (including phenoxy) is 6. The monoisotopic (exact) mass is 1080 g/mol. The van der Waals surface area contributed by atoms with Crippen molar-refractivity contribution in [1.82, 2.24) is 0 Å². The number of unbranched alkanes of at least 4 members (excludes halogenated alkanes) is 29. The molecule has 1 aromatic rings. The van der Waals surface area contributed by atoms with Crippen molar-refractivity contribution in [1.29, 1.82) is 0 Å². The molecule has 0 amide bonds. The molecule has 1 aromatic carbocycles. The van der Waals surface area contributed by atoms with E-state index in [1.165, 1.54) is 205 Å². The van der Waals surface area contributed by atoms with Crippen molar-refractivity contribution in [2.75, 3.05) is 81.6 Å². The molecule has 0 heterocycles. The fourth-order valence-corrected chi connectivity index (χ4v) is 10.5. The molecule has 11 heteroatoms. The lowest BCUT2D eigenvalue weighted by Gasteiger charge is -2.21. The van der Waals surface area contributed by atoms with Crippen molar-refractivity contribution in [2.45, 2.75) is 251 Å². The average Bonchev–Trinajstić information content (AvgIpc) is 3.40. The van der Waals surface area contributed by atoms with Gasteiger partial charge in [-0.2, -0.15) is 36.2 Å². The molecule has 1 rings (SSSR count). The standard InChI is InChI=1S/C49H88O8S2.C13H28S/c1-5-9-11-13-15-17-19-21-23-25-27-34-59-43-49(55-39-45(51)37-53-32-8-4)41-57-47-30-28-29-46(35-47)56-40-48(54-38-44(50)36-52-31-7-3)42-58-33-26-24-22-20-18-16-14-12-10-6-2;1-2-3-4-5-6-7-8-9-10-11-12-13-14/h7-8,28-30,35,44-45,48-51H,3-6,9-27,31-34,36-43H2,1-2H3;14H,2-13H2,1H3. The summed E-state index contributed by atoms with van der Waals surface area (Å²) in [5.74, 6) is 6.21. The van der Waals surface area contributed by atoms with E-state index in [0.717, 1.165) is 28.8 Å². The predicted octanol–water partition coefficient (Wildman–Crippen LogP) is 17.3. The molecule has 0 saturated carbocycles. The second-order valence-electron chi connectivity index (χ2n) is 20.1. The minimum atomic E-state index is -0.713. The van der Waals surface area contributed by atoms with Crippen LogP contribution >= 0.6 is 36.2 Å². The Kier molecular flexibility index (Phi) is 59.6. The predicted molar refractivity (Wildman–Crippen MR) is 324 cm³/mol. The van der Waals surface area contributed by atoms with Crippen molar-refractivity contribution >= 4 is 36.2 Å². The Morgan fingerprint density at radius 1 is 0.452 bits per heavy atom. The summed E-state index contributed by atoms with van der Waals surface area (Å²) in [7, 11) is 0. The molecule has 430 valence electrons. The molecular formula is C62H116O8S3. The Bertz CT molecular complexity index is 1230. The van der Waals surface area contributed by atoms with E-state index in [4.69, 9.17) is 28.4 Å². The van der Waals surface area contributed by atoms with Crippen molar-refractivity contribution in [3.63, 3.8) is 0 Å². The molecule has 0 aliphatic carbocycles. The topological polar surface area (TPSA) is 95.8 Å². The van der Waals surface area contributed by atoms with Crippen LogP contribution in [-0.2, 0) is 18.9 Å². The molecule has 0 fully saturated rings. The third-order valence-electron chi connectivity index (χ3n) is 12.7. The van der Waals surface area contributed by atoms with Crippen molar-refractivity contribution in [2.24, 2.45) is 0 Å². The van der Waals surface area contributed by atoms with Crippen molar-refractivity contribution in [3.05, 3.63) is 49.6 Å². The lowest BCUT2D eigenvalue weighted by molar-refractivity contribution is -0.0450. The Morgan fingerprint density at radius 3 is 1.08 bits per heavy atom. The van der Waals surface area contributed by atoms with Gasteiger partial charge in [0.15, 0.2) is 0 Å². The fourth-order valence-electron chi connectivity index (χ4n) is 8.25. The molecule has 4 atom stereocenters. The lowest BCUT2D eigenvalue weighted by atomic mass is 10.1. The number of aliphatic hydroxyl groups excluding tert-OH is 2. The minimum Gasteiger partial charge on any atom is -0.491 e. The number of hydrogen-bond donors (Lipinski definition) is 3. The summed E-state index contributed by atoms with van der Waals surface area (Å²) in [6, 6.07) is 7.68. The molecule has 4 unspecified atom stereocenters. The summed E-state index contributed by atoms with van der Waals surface area (Å²) in [4.78, 5) is 0. The van der Waals surface area contributed by atoms with Crippen LogP contribution in [0.1, 0.15) is 226 Å². The second kappa shape index (κ2) is 60.3. The van der Waals surface area contributed by atoms with Gasteiger partial charge in [-0.3, -0.25) is 0 Å². The van der Waals surface area contributed by atoms with E-state index >= 15 is 0 Å². The fraction of sp³-hybridized carbons (Fsp3) is 0.839. The van der Waals surface area contributed by atoms with Crippen LogP contribution in [0.25, 0.3) is 0 Å². The number of thiol groups is 1. The molecule has 8 nitrogen and oxygen atoms in total. The van der Waals surface area contributed by atoms with Gasteiger partial charge >= 0.3 is 0 Å². The maximum absolute atomic E-state index is 10.4. The highest BCUT2D eigenvalue weighted by atomic mass is 32.2. The quantitative estimate of drug-likeness (QED) is 0.0333. The largest absolute Gasteiger partial charge is 0.491 e. The minimum absolute atomic E-state index is 0.181. The maximum atomic E-state index is 10.4. The number of thioether (sulfide) groups is 2. The molecule has 0 aliphatic heterocycles. The Labute approximate surface area is 465 Å². The summed E-state index contributed by atoms with van der Waals surface area (Å²) >= 11 is 7.99. The zero-order valence-electron chi connectivity index (χ0n) is 47.6. The van der Waals surface area contributed by atoms with Gasteiger partial charge in [-0.1, -0.05) is 225 Å². The number of rotatable bonds is 58. The van der Waals surface area contributed by atoms with Gasteiger partial charge in [0.05, 0.1) is 39.6 Å². The third-order valence-corrected chi connectivity index (χ3v) is 15.4. The SMILES string of the molecule is C=CCOCC(O)COC(COc1cccc(OCC(CSCCCCCCCCCCCCC)OCC(O)COCC=C)c1)CSCCCCCCCCCCCC.CCCCCCCCCCCCCS. The van der Waals surface area contributed by atoms with E-state index in [-0.39, 0.29) is 38.6 Å². The van der Waals surface area contributed by atoms with Crippen LogP contribution in [0.5, 0.6) is 11.5 Å². The first kappa shape index (κ1) is 72.1. The van der Waals surface area contributed by atoms with E-state index < -0.39 is 12.2 Å². The highest BCUT2D eigenvalue weighted by molar-refractivity contribution is 7.99. The summed E-state index contributed by atoms with van der Waals surface area (Å²) in [5, 5.41) is 20.8. The highest BCUT2D eigenvalue weighted by Gasteiger charge is 2.17. The average molecular weight is 1090 g/mol. The molecular weight excluding hydrogens is 969 g/mol. The summed E-state index contributed by atoms with van der Waals surface area (Å²) in [5.41, 5.74) is 0. The zero-order valence-corrected chi connectivity index (χ0v) is 50.1. The molecule has 0 radical (unpaired) electrons. The van der Waals surface area contributed by atoms with Gasteiger partial charge in [0.2, 0.25) is 0 Å². The normalized spacial score (nSPS) is 13.0. The molecule has 0 aliphatic rings. The van der Waals surface area contributed by atoms with Crippen molar-refractivity contribution in [3.8, 4) is 11.5 Å². The summed E-state index contributed by atoms with van der Waals surface area (Å²) in [6.07, 6.45) is 45.2. The van der Waals surface area contributed by atoms with Crippen LogP contribution in [0.4, 0.5) is 0 Å². The summed E-state index contributed by atoms with van der Waals surface area (Å²) in [6.45, 7) is 16.4. The van der Waals surface area contributed by atoms with Gasteiger partial charge in [0.1, 0.15) is 49.1 Å². The van der Waals surface area contributed by atoms with Gasteiger partial charge < -0.3 is 38.6 Å². The summed E-state index contributed by atoms with van der Waals surface area (Å²) < 4.78 is 35.6. The van der Waals surface area contributed by atoms with E-state index in [9.17, 15) is 10.2 Å². The molecule has 0 saturated heterocycles. The van der Waals surface area contributed by atoms with E-state index in [0.29, 0.717) is 37.9 Å². The van der Waals surface area contributed by atoms with Crippen molar-refractivity contribution < 1.29 is 38.6 Å². The number of aliphatic hydroxyl groups is 2. The lowest BCUT2D eigenvalue weighted by Crippen LogP contribution is -2.31. The smallest absolute Gasteiger partial charge is 0.123 e. The van der Waals surface area contributed by atoms with Gasteiger partial charge in [0.25, 0.3) is 0 Å². The zero-order chi connectivity index (χ0) is 53.2. The highest BCUT2D eigenvalue weighted by Crippen LogP contribution is 2.23. The third kappa shape index (κ3) is 54.3. The van der Waals surface area contributed by atoms with Gasteiger partial charge in [0, 0.05) is 17.6 Å². The number of benzene rings is 1. The van der Waals surface area contributed by atoms with Crippen LogP contribution in [0.15, 0.2) is 49.6 Å². The van der Waals surface area contributed by atoms with Gasteiger partial charge in [-0.25, -0.2) is 0 Å². The van der Waals surface area contributed by atoms with Crippen LogP contribution in [0.2, 0.25) is 0 Å². The Hall–Kier alpha value is -0.890. The Balaban J connectivity index is 0.00000319. The van der Waals surface area contributed by atoms with Gasteiger partial charge in [-0.05, 0) is 48.7 Å². The van der Waals surface area contributed by atoms with E-state index in [1.54, 1.807) is 12.2 Å². The van der Waals surface area contributed by atoms with Crippen LogP contribution in [0.3, 0.4) is 0 Å². The second-order valence-corrected chi connectivity index (χ2v) is 22.8. The first-order valence-corrected chi connectivity index (χ1v) is 33.0. The van der Waals surface area contributed by atoms with E-state index in [2.05, 4.69) is 46.6 Å². The van der Waals surface area contributed by atoms with Gasteiger partial charge in [-0.15, -0.1) is 13.2 Å². The molecule has 2 N–H and O–H groups in total. The first-order chi connectivity index (χ1) is 35.9. The van der Waals surface area contributed by atoms with Crippen LogP contribution in [-0.4, -0.2) is 116 Å². The molecule has 0 bridgehead atoms. The molecule has 0 aromatic heterocycles. The van der Waals surface area contributed by atoms with Crippen LogP contribution < -0.4 is 9.47 Å².